The third-order valence-corrected chi connectivity index (χ3v) is 0.615. The normalized spacial score (nSPS) is 11.4. The van der Waals surface area contributed by atoms with Crippen molar-refractivity contribution >= 4 is 5.84 Å². The van der Waals surface area contributed by atoms with Gasteiger partial charge in [-0.3, -0.25) is 0 Å². The van der Waals surface area contributed by atoms with Crippen LogP contribution in [-0.2, 0) is 0 Å². The molecule has 0 fully saturated rings. The number of aliphatic imine (C=N–C) groups is 1. The number of likely N-dealkylation sites (N-methyl/N-ethyl adjacent to an activating group) is 1. The molecule has 0 saturated heterocycles. The Morgan fingerprint density at radius 1 is 2.00 bits per heavy atom. The van der Waals surface area contributed by atoms with Gasteiger partial charge in [0.05, 0.1) is 6.54 Å². The van der Waals surface area contributed by atoms with Gasteiger partial charge in [0.1, 0.15) is 5.84 Å². The van der Waals surface area contributed by atoms with E-state index >= 15 is 0 Å². The average molecular weight is 113 g/mol. The van der Waals surface area contributed by atoms with Gasteiger partial charge in [0.2, 0.25) is 0 Å². The zero-order valence-corrected chi connectivity index (χ0v) is 5.02. The molecule has 0 heterocycles. The number of hydrogen-bond acceptors (Lipinski definition) is 2. The number of nitrogens with zero attached hydrogens (tertiary/aromatic N) is 1. The maximum Gasteiger partial charge on any atom is 0.113 e. The van der Waals surface area contributed by atoms with Crippen LogP contribution >= 0.6 is 0 Å². The van der Waals surface area contributed by atoms with Gasteiger partial charge in [0.25, 0.3) is 0 Å². The van der Waals surface area contributed by atoms with Gasteiger partial charge >= 0.3 is 0 Å². The number of hydrogen-bond donors (Lipinski definition) is 2. The highest BCUT2D eigenvalue weighted by Crippen LogP contribution is 1.66. The molecule has 0 spiro atoms. The Balaban J connectivity index is 3.44. The van der Waals surface area contributed by atoms with Crippen molar-refractivity contribution in [2.75, 3.05) is 13.6 Å². The highest BCUT2D eigenvalue weighted by atomic mass is 14.9. The fraction of sp³-hybridized carbons (Fsp3) is 0.400. The molecule has 3 heteroatoms. The fourth-order valence-corrected chi connectivity index (χ4v) is 0.344. The highest BCUT2D eigenvalue weighted by Gasteiger charge is 1.82. The molecule has 0 atom stereocenters. The summed E-state index contributed by atoms with van der Waals surface area (Å²) in [6.45, 7) is 4.00. The Hall–Kier alpha value is -0.830. The number of amidine groups is 1. The second-order valence-corrected chi connectivity index (χ2v) is 1.33. The van der Waals surface area contributed by atoms with Crippen molar-refractivity contribution in [1.82, 2.24) is 5.32 Å². The van der Waals surface area contributed by atoms with Crippen molar-refractivity contribution in [3.63, 3.8) is 0 Å². The fourth-order valence-electron chi connectivity index (χ4n) is 0.344. The Morgan fingerprint density at radius 2 is 2.62 bits per heavy atom. The van der Waals surface area contributed by atoms with Crippen molar-refractivity contribution in [1.29, 1.82) is 0 Å². The molecule has 3 nitrogen and oxygen atoms in total. The zero-order valence-electron chi connectivity index (χ0n) is 5.02. The summed E-state index contributed by atoms with van der Waals surface area (Å²) < 4.78 is 0. The molecular formula is C5H11N3. The summed E-state index contributed by atoms with van der Waals surface area (Å²) in [5.41, 5.74) is 5.31. The number of rotatable bonds is 3. The first-order valence-electron chi connectivity index (χ1n) is 2.39. The molecular weight excluding hydrogens is 102 g/mol. The molecule has 0 bridgehead atoms. The molecule has 0 aliphatic heterocycles. The number of nitrogens with one attached hydrogen (secondary N) is 1. The van der Waals surface area contributed by atoms with Crippen LogP contribution < -0.4 is 11.1 Å². The van der Waals surface area contributed by atoms with Gasteiger partial charge in [0.15, 0.2) is 0 Å². The Bertz CT molecular complexity index is 95.8. The molecule has 0 aromatic rings. The molecule has 0 aliphatic carbocycles. The van der Waals surface area contributed by atoms with Crippen molar-refractivity contribution in [3.05, 3.63) is 12.8 Å². The van der Waals surface area contributed by atoms with E-state index in [9.17, 15) is 0 Å². The maximum absolute atomic E-state index is 5.31. The topological polar surface area (TPSA) is 50.4 Å². The highest BCUT2D eigenvalue weighted by molar-refractivity contribution is 5.82. The van der Waals surface area contributed by atoms with Crippen LogP contribution in [0.15, 0.2) is 17.8 Å². The average Bonchev–Trinajstić information content (AvgIpc) is 1.68. The first-order valence-corrected chi connectivity index (χ1v) is 2.39. The third kappa shape index (κ3) is 3.36. The Labute approximate surface area is 49.3 Å². The summed E-state index contributed by atoms with van der Waals surface area (Å²) in [6, 6.07) is 0. The molecule has 0 rings (SSSR count). The molecule has 8 heavy (non-hydrogen) atoms. The molecule has 0 saturated carbocycles. The SMILES string of the molecule is C=CN=C(N)CNC. The van der Waals surface area contributed by atoms with E-state index in [0.717, 1.165) is 0 Å². The monoisotopic (exact) mass is 113 g/mol. The lowest BCUT2D eigenvalue weighted by Crippen LogP contribution is -2.25. The lowest BCUT2D eigenvalue weighted by molar-refractivity contribution is 0.939. The van der Waals surface area contributed by atoms with E-state index in [-0.39, 0.29) is 0 Å². The minimum atomic E-state index is 0.558. The van der Waals surface area contributed by atoms with Crippen LogP contribution in [0, 0.1) is 0 Å². The first-order chi connectivity index (χ1) is 3.81. The molecule has 0 radical (unpaired) electrons. The standard InChI is InChI=1S/C5H11N3/c1-3-8-5(6)4-7-2/h3,7H,1,4H2,2H3,(H2,6,8). The smallest absolute Gasteiger partial charge is 0.113 e. The predicted octanol–water partition coefficient (Wildman–Crippen LogP) is -0.294. The second-order valence-electron chi connectivity index (χ2n) is 1.33. The third-order valence-electron chi connectivity index (χ3n) is 0.615. The zero-order chi connectivity index (χ0) is 6.41. The van der Waals surface area contributed by atoms with Crippen molar-refractivity contribution < 1.29 is 0 Å². The molecule has 0 aromatic carbocycles. The van der Waals surface area contributed by atoms with Crippen LogP contribution in [0.1, 0.15) is 0 Å². The van der Waals surface area contributed by atoms with Gasteiger partial charge in [-0.1, -0.05) is 6.58 Å². The number of nitrogens with two attached hydrogens (primary N) is 1. The van der Waals surface area contributed by atoms with E-state index in [1.54, 1.807) is 0 Å². The summed E-state index contributed by atoms with van der Waals surface area (Å²) in [5, 5.41) is 2.85. The van der Waals surface area contributed by atoms with E-state index < -0.39 is 0 Å². The van der Waals surface area contributed by atoms with E-state index in [4.69, 9.17) is 5.73 Å². The minimum Gasteiger partial charge on any atom is -0.386 e. The van der Waals surface area contributed by atoms with Gasteiger partial charge in [-0.25, -0.2) is 4.99 Å². The first kappa shape index (κ1) is 7.17. The second kappa shape index (κ2) is 4.33. The maximum atomic E-state index is 5.31. The van der Waals surface area contributed by atoms with Crippen molar-refractivity contribution in [2.24, 2.45) is 10.7 Å². The van der Waals surface area contributed by atoms with Crippen LogP contribution in [0.25, 0.3) is 0 Å². The molecule has 3 N–H and O–H groups in total. The van der Waals surface area contributed by atoms with Gasteiger partial charge in [-0.15, -0.1) is 0 Å². The Morgan fingerprint density at radius 3 is 3.00 bits per heavy atom. The lowest BCUT2D eigenvalue weighted by atomic mass is 10.6. The quantitative estimate of drug-likeness (QED) is 0.390. The van der Waals surface area contributed by atoms with Crippen LogP contribution in [0.3, 0.4) is 0 Å². The molecule has 0 aromatic heterocycles. The van der Waals surface area contributed by atoms with Crippen LogP contribution in [0.2, 0.25) is 0 Å². The van der Waals surface area contributed by atoms with E-state index in [0.29, 0.717) is 12.4 Å². The summed E-state index contributed by atoms with van der Waals surface area (Å²) in [5.74, 6) is 0.558. The van der Waals surface area contributed by atoms with Crippen LogP contribution in [0.5, 0.6) is 0 Å². The summed E-state index contributed by atoms with van der Waals surface area (Å²) in [7, 11) is 1.81. The minimum absolute atomic E-state index is 0.558. The van der Waals surface area contributed by atoms with Crippen LogP contribution in [-0.4, -0.2) is 19.4 Å². The molecule has 0 aliphatic rings. The predicted molar refractivity (Wildman–Crippen MR) is 35.7 cm³/mol. The van der Waals surface area contributed by atoms with Crippen LogP contribution in [0.4, 0.5) is 0 Å². The van der Waals surface area contributed by atoms with E-state index in [1.165, 1.54) is 6.20 Å². The van der Waals surface area contributed by atoms with Gasteiger partial charge in [-0.05, 0) is 7.05 Å². The molecule has 0 amide bonds. The van der Waals surface area contributed by atoms with E-state index in [1.807, 2.05) is 7.05 Å². The summed E-state index contributed by atoms with van der Waals surface area (Å²) in [4.78, 5) is 3.71. The molecule has 0 unspecified atom stereocenters. The Kier molecular flexibility index (Phi) is 3.88. The van der Waals surface area contributed by atoms with Gasteiger partial charge in [-0.2, -0.15) is 0 Å². The van der Waals surface area contributed by atoms with Gasteiger partial charge in [0, 0.05) is 6.20 Å². The van der Waals surface area contributed by atoms with Crippen molar-refractivity contribution in [3.8, 4) is 0 Å². The molecule has 46 valence electrons. The summed E-state index contributed by atoms with van der Waals surface area (Å²) in [6.07, 6.45) is 1.42. The largest absolute Gasteiger partial charge is 0.386 e. The van der Waals surface area contributed by atoms with Gasteiger partial charge < -0.3 is 11.1 Å². The van der Waals surface area contributed by atoms with Crippen molar-refractivity contribution in [2.45, 2.75) is 0 Å². The summed E-state index contributed by atoms with van der Waals surface area (Å²) >= 11 is 0. The van der Waals surface area contributed by atoms with E-state index in [2.05, 4.69) is 16.9 Å². The lowest BCUT2D eigenvalue weighted by Gasteiger charge is -1.93.